The maximum atomic E-state index is 2.43. The first kappa shape index (κ1) is 55.2. The highest BCUT2D eigenvalue weighted by molar-refractivity contribution is 5.89. The van der Waals surface area contributed by atoms with Gasteiger partial charge in [-0.1, -0.05) is 235 Å². The van der Waals surface area contributed by atoms with Gasteiger partial charge >= 0.3 is 0 Å². The second kappa shape index (κ2) is 25.1. The highest BCUT2D eigenvalue weighted by atomic mass is 15.2. The van der Waals surface area contributed by atoms with Crippen molar-refractivity contribution in [3.8, 4) is 55.6 Å². The largest absolute Gasteiger partial charge is 0.310 e. The first-order valence-corrected chi connectivity index (χ1v) is 30.9. The first-order valence-electron chi connectivity index (χ1n) is 30.9. The molecule has 0 spiro atoms. The quantitative estimate of drug-likeness (QED) is 0.0704. The zero-order chi connectivity index (χ0) is 58.2. The summed E-state index contributed by atoms with van der Waals surface area (Å²) in [5.41, 5.74) is 26.0. The molecule has 1 aliphatic rings. The number of unbranched alkanes of at least 4 members (excludes halogenated alkanes) is 5. The van der Waals surface area contributed by atoms with Gasteiger partial charge in [-0.25, -0.2) is 0 Å². The Morgan fingerprint density at radius 1 is 0.244 bits per heavy atom. The van der Waals surface area contributed by atoms with Crippen molar-refractivity contribution in [1.29, 1.82) is 0 Å². The molecule has 0 heterocycles. The fraction of sp³-hybridized carbons (Fsp3) is 0.133. The number of hydrogen-bond acceptors (Lipinski definition) is 3. The Morgan fingerprint density at radius 2 is 0.558 bits per heavy atom. The smallest absolute Gasteiger partial charge is 0.0467 e. The molecule has 0 amide bonds. The molecule has 1 aliphatic carbocycles. The van der Waals surface area contributed by atoms with Crippen LogP contribution in [0, 0.1) is 0 Å². The lowest BCUT2D eigenvalue weighted by Crippen LogP contribution is -2.16. The minimum Gasteiger partial charge on any atom is -0.310 e. The molecule has 3 nitrogen and oxygen atoms in total. The fourth-order valence-corrected chi connectivity index (χ4v) is 12.9. The average Bonchev–Trinajstić information content (AvgIpc) is 1.75. The van der Waals surface area contributed by atoms with E-state index < -0.39 is 0 Å². The van der Waals surface area contributed by atoms with Crippen molar-refractivity contribution in [2.45, 2.75) is 71.1 Å². The van der Waals surface area contributed by atoms with Gasteiger partial charge in [-0.2, -0.15) is 0 Å². The third-order valence-electron chi connectivity index (χ3n) is 17.4. The SMILES string of the molecule is CCCCCCCCc1ccc(N(c2cccc(-c3cccc(-c4cccc(N(c5ccccc5)c5ccccc5)c4)c3)c2)c2cccc(-c3cccc(-c4cccc(N(c5ccccc5)c5ccc6c(c5)C(C)(C)c5ccccc5-6)c4)c3)c2)cc1. The molecular formula is C83H73N3. The Balaban J connectivity index is 0.828. The molecule has 0 unspecified atom stereocenters. The van der Waals surface area contributed by atoms with E-state index in [0.29, 0.717) is 0 Å². The third-order valence-corrected chi connectivity index (χ3v) is 17.4. The van der Waals surface area contributed by atoms with Crippen LogP contribution in [0.5, 0.6) is 0 Å². The van der Waals surface area contributed by atoms with Crippen LogP contribution in [0.25, 0.3) is 55.6 Å². The molecule has 0 saturated carbocycles. The Labute approximate surface area is 509 Å². The van der Waals surface area contributed by atoms with E-state index >= 15 is 0 Å². The Hall–Kier alpha value is -9.96. The lowest BCUT2D eigenvalue weighted by molar-refractivity contribution is 0.607. The molecule has 3 heteroatoms. The molecule has 0 radical (unpaired) electrons. The summed E-state index contributed by atoms with van der Waals surface area (Å²) in [5, 5.41) is 0. The van der Waals surface area contributed by atoms with Crippen molar-refractivity contribution < 1.29 is 0 Å². The average molecular weight is 1110 g/mol. The lowest BCUT2D eigenvalue weighted by atomic mass is 9.82. The maximum Gasteiger partial charge on any atom is 0.0467 e. The molecule has 420 valence electrons. The van der Waals surface area contributed by atoms with Gasteiger partial charge in [0.25, 0.3) is 0 Å². The number of rotatable bonds is 20. The van der Waals surface area contributed by atoms with Gasteiger partial charge in [-0.05, 0) is 206 Å². The van der Waals surface area contributed by atoms with Crippen LogP contribution >= 0.6 is 0 Å². The minimum atomic E-state index is -0.111. The van der Waals surface area contributed by atoms with E-state index in [0.717, 1.165) is 96.6 Å². The molecule has 86 heavy (non-hydrogen) atoms. The van der Waals surface area contributed by atoms with Crippen LogP contribution in [0.2, 0.25) is 0 Å². The molecule has 0 aromatic heterocycles. The van der Waals surface area contributed by atoms with Gasteiger partial charge in [-0.3, -0.25) is 0 Å². The van der Waals surface area contributed by atoms with E-state index in [1.165, 1.54) is 71.9 Å². The van der Waals surface area contributed by atoms with Gasteiger partial charge in [0.1, 0.15) is 0 Å². The van der Waals surface area contributed by atoms with Crippen molar-refractivity contribution in [2.75, 3.05) is 14.7 Å². The van der Waals surface area contributed by atoms with Crippen molar-refractivity contribution in [3.63, 3.8) is 0 Å². The van der Waals surface area contributed by atoms with E-state index in [1.54, 1.807) is 0 Å². The summed E-state index contributed by atoms with van der Waals surface area (Å²) in [6, 6.07) is 111. The number of aryl methyl sites for hydroxylation is 1. The van der Waals surface area contributed by atoms with Gasteiger partial charge in [0, 0.05) is 56.6 Å². The van der Waals surface area contributed by atoms with Crippen molar-refractivity contribution in [3.05, 3.63) is 320 Å². The van der Waals surface area contributed by atoms with Gasteiger partial charge in [0.2, 0.25) is 0 Å². The molecule has 0 N–H and O–H groups in total. The normalized spacial score (nSPS) is 12.1. The predicted molar refractivity (Wildman–Crippen MR) is 367 cm³/mol. The summed E-state index contributed by atoms with van der Waals surface area (Å²) in [7, 11) is 0. The minimum absolute atomic E-state index is 0.111. The van der Waals surface area contributed by atoms with Crippen molar-refractivity contribution in [1.82, 2.24) is 0 Å². The molecular weight excluding hydrogens is 1040 g/mol. The molecule has 13 rings (SSSR count). The number of anilines is 9. The zero-order valence-electron chi connectivity index (χ0n) is 49.7. The summed E-state index contributed by atoms with van der Waals surface area (Å²) in [5.74, 6) is 0. The number of benzene rings is 12. The third kappa shape index (κ3) is 11.7. The van der Waals surface area contributed by atoms with Crippen LogP contribution in [-0.2, 0) is 11.8 Å². The second-order valence-corrected chi connectivity index (χ2v) is 23.5. The predicted octanol–water partition coefficient (Wildman–Crippen LogP) is 24.0. The van der Waals surface area contributed by atoms with Crippen LogP contribution in [0.1, 0.15) is 76.0 Å². The van der Waals surface area contributed by atoms with Crippen LogP contribution in [0.4, 0.5) is 51.2 Å². The monoisotopic (exact) mass is 1110 g/mol. The molecule has 0 saturated heterocycles. The van der Waals surface area contributed by atoms with E-state index in [2.05, 4.69) is 339 Å². The summed E-state index contributed by atoms with van der Waals surface area (Å²) < 4.78 is 0. The van der Waals surface area contributed by atoms with Crippen LogP contribution in [0.3, 0.4) is 0 Å². The Kier molecular flexibility index (Phi) is 16.1. The maximum absolute atomic E-state index is 2.43. The topological polar surface area (TPSA) is 9.72 Å². The Bertz CT molecular complexity index is 4220. The summed E-state index contributed by atoms with van der Waals surface area (Å²) >= 11 is 0. The lowest BCUT2D eigenvalue weighted by Gasteiger charge is -2.28. The number of nitrogens with zero attached hydrogens (tertiary/aromatic N) is 3. The van der Waals surface area contributed by atoms with Crippen LogP contribution in [0.15, 0.2) is 303 Å². The number of fused-ring (bicyclic) bond motifs is 3. The molecule has 0 atom stereocenters. The van der Waals surface area contributed by atoms with E-state index in [-0.39, 0.29) is 5.41 Å². The molecule has 12 aromatic rings. The summed E-state index contributed by atoms with van der Waals surface area (Å²) in [4.78, 5) is 7.16. The number of para-hydroxylation sites is 3. The van der Waals surface area contributed by atoms with E-state index in [9.17, 15) is 0 Å². The van der Waals surface area contributed by atoms with E-state index in [4.69, 9.17) is 0 Å². The molecule has 0 aliphatic heterocycles. The zero-order valence-corrected chi connectivity index (χ0v) is 49.7. The van der Waals surface area contributed by atoms with Gasteiger partial charge < -0.3 is 14.7 Å². The highest BCUT2D eigenvalue weighted by Crippen LogP contribution is 2.51. The van der Waals surface area contributed by atoms with Crippen molar-refractivity contribution in [2.24, 2.45) is 0 Å². The second-order valence-electron chi connectivity index (χ2n) is 23.5. The number of hydrogen-bond donors (Lipinski definition) is 0. The first-order chi connectivity index (χ1) is 42.4. The highest BCUT2D eigenvalue weighted by Gasteiger charge is 2.36. The Morgan fingerprint density at radius 3 is 1.00 bits per heavy atom. The summed E-state index contributed by atoms with van der Waals surface area (Å²) in [6.45, 7) is 7.00. The van der Waals surface area contributed by atoms with Crippen LogP contribution < -0.4 is 14.7 Å². The van der Waals surface area contributed by atoms with Crippen LogP contribution in [-0.4, -0.2) is 0 Å². The fourth-order valence-electron chi connectivity index (χ4n) is 12.9. The molecule has 0 bridgehead atoms. The standard InChI is InChI=1S/C83H73N3/c1-4-5-6-7-8-12-27-61-48-50-73(51-49-61)86(76-44-25-34-68(58-76)64-30-21-28-62(54-64)66-32-23-42-74(56-66)84(70-36-13-9-14-37-70)71-38-15-10-16-39-71)77-45-26-35-69(59-77)65-31-22-29-63(55-65)67-33-24-43-75(57-67)85(72-40-17-11-18-41-72)78-52-53-80-79-46-19-20-47-81(79)83(2,3)82(80)60-78/h9-11,13-26,28-60H,4-8,12,27H2,1-3H3. The molecule has 0 fully saturated rings. The van der Waals surface area contributed by atoms with Gasteiger partial charge in [0.05, 0.1) is 0 Å². The van der Waals surface area contributed by atoms with Crippen molar-refractivity contribution >= 4 is 51.2 Å². The van der Waals surface area contributed by atoms with Gasteiger partial charge in [0.15, 0.2) is 0 Å². The summed E-state index contributed by atoms with van der Waals surface area (Å²) in [6.07, 6.45) is 8.84. The molecule has 12 aromatic carbocycles. The van der Waals surface area contributed by atoms with Gasteiger partial charge in [-0.15, -0.1) is 0 Å². The van der Waals surface area contributed by atoms with E-state index in [1.807, 2.05) is 0 Å².